The third-order valence-electron chi connectivity index (χ3n) is 6.61. The number of anilines is 1. The van der Waals surface area contributed by atoms with E-state index in [4.69, 9.17) is 0 Å². The molecule has 166 valence electrons. The number of hydrogen-bond acceptors (Lipinski definition) is 2. The van der Waals surface area contributed by atoms with Gasteiger partial charge in [-0.3, -0.25) is 9.59 Å². The summed E-state index contributed by atoms with van der Waals surface area (Å²) >= 11 is 0. The van der Waals surface area contributed by atoms with Crippen molar-refractivity contribution in [2.45, 2.75) is 26.8 Å². The quantitative estimate of drug-likeness (QED) is 0.597. The first-order chi connectivity index (χ1) is 14.8. The van der Waals surface area contributed by atoms with Crippen LogP contribution >= 0.6 is 0 Å². The van der Waals surface area contributed by atoms with Gasteiger partial charge < -0.3 is 20.0 Å². The minimum atomic E-state index is 0.0552. The summed E-state index contributed by atoms with van der Waals surface area (Å²) in [5.41, 5.74) is 4.35. The van der Waals surface area contributed by atoms with E-state index >= 15 is 0 Å². The van der Waals surface area contributed by atoms with E-state index in [2.05, 4.69) is 37.4 Å². The van der Waals surface area contributed by atoms with Crippen molar-refractivity contribution >= 4 is 17.5 Å². The molecule has 0 aliphatic carbocycles. The maximum absolute atomic E-state index is 12.8. The molecule has 1 aliphatic heterocycles. The summed E-state index contributed by atoms with van der Waals surface area (Å²) in [6.45, 7) is 10.8. The average molecular weight is 425 g/mol. The Hall–Kier alpha value is -2.70. The molecule has 6 nitrogen and oxygen atoms in total. The Morgan fingerprint density at radius 1 is 0.935 bits per heavy atom. The highest BCUT2D eigenvalue weighted by atomic mass is 16.2. The zero-order chi connectivity index (χ0) is 22.4. The summed E-state index contributed by atoms with van der Waals surface area (Å²) in [4.78, 5) is 29.7. The molecule has 1 heterocycles. The number of hydrogen-bond donors (Lipinski definition) is 3. The lowest BCUT2D eigenvalue weighted by atomic mass is 10.1. The Bertz CT molecular complexity index is 892. The van der Waals surface area contributed by atoms with Crippen LogP contribution in [0, 0.1) is 13.8 Å². The number of carbonyl (C=O) groups excluding carboxylic acids is 2. The lowest BCUT2D eigenvalue weighted by Crippen LogP contribution is -3.28. The monoisotopic (exact) mass is 424 g/mol. The summed E-state index contributed by atoms with van der Waals surface area (Å²) in [6, 6.07) is 16.2. The van der Waals surface area contributed by atoms with E-state index < -0.39 is 0 Å². The van der Waals surface area contributed by atoms with E-state index in [0.29, 0.717) is 13.1 Å². The van der Waals surface area contributed by atoms with Gasteiger partial charge >= 0.3 is 0 Å². The molecule has 0 radical (unpaired) electrons. The van der Waals surface area contributed by atoms with Crippen LogP contribution < -0.4 is 15.1 Å². The lowest BCUT2D eigenvalue weighted by Gasteiger charge is -2.31. The van der Waals surface area contributed by atoms with Crippen molar-refractivity contribution in [3.8, 4) is 0 Å². The zero-order valence-electron chi connectivity index (χ0n) is 19.2. The average Bonchev–Trinajstić information content (AvgIpc) is 2.77. The molecule has 31 heavy (non-hydrogen) atoms. The van der Waals surface area contributed by atoms with E-state index in [0.717, 1.165) is 43.0 Å². The number of rotatable bonds is 7. The van der Waals surface area contributed by atoms with E-state index in [9.17, 15) is 9.59 Å². The Balaban J connectivity index is 1.43. The van der Waals surface area contributed by atoms with Crippen LogP contribution in [0.2, 0.25) is 0 Å². The second-order valence-corrected chi connectivity index (χ2v) is 8.74. The Labute approximate surface area is 185 Å². The van der Waals surface area contributed by atoms with Crippen LogP contribution in [-0.2, 0) is 9.59 Å². The maximum Gasteiger partial charge on any atom is 0.279 e. The second kappa shape index (κ2) is 10.6. The van der Waals surface area contributed by atoms with Crippen LogP contribution in [0.15, 0.2) is 48.5 Å². The summed E-state index contributed by atoms with van der Waals surface area (Å²) in [5, 5.41) is 3.06. The first-order valence-electron chi connectivity index (χ1n) is 11.2. The van der Waals surface area contributed by atoms with Crippen LogP contribution in [0.1, 0.15) is 29.7 Å². The number of amides is 2. The van der Waals surface area contributed by atoms with Gasteiger partial charge in [-0.1, -0.05) is 42.5 Å². The van der Waals surface area contributed by atoms with Crippen molar-refractivity contribution in [2.75, 3.05) is 51.6 Å². The van der Waals surface area contributed by atoms with Gasteiger partial charge in [0.05, 0.1) is 6.04 Å². The molecule has 0 spiro atoms. The number of likely N-dealkylation sites (N-methyl/N-ethyl adjacent to an activating group) is 1. The Morgan fingerprint density at radius 3 is 2.19 bits per heavy atom. The topological polar surface area (TPSA) is 58.3 Å². The Morgan fingerprint density at radius 2 is 1.55 bits per heavy atom. The number of nitrogens with zero attached hydrogens (tertiary/aromatic N) is 1. The van der Waals surface area contributed by atoms with Gasteiger partial charge in [-0.25, -0.2) is 0 Å². The fraction of sp³-hybridized carbons (Fsp3) is 0.440. The van der Waals surface area contributed by atoms with Crippen molar-refractivity contribution in [2.24, 2.45) is 0 Å². The van der Waals surface area contributed by atoms with Gasteiger partial charge in [0.25, 0.3) is 11.8 Å². The van der Waals surface area contributed by atoms with Crippen LogP contribution in [0.25, 0.3) is 0 Å². The van der Waals surface area contributed by atoms with Gasteiger partial charge in [-0.15, -0.1) is 0 Å². The highest BCUT2D eigenvalue weighted by Crippen LogP contribution is 2.18. The van der Waals surface area contributed by atoms with Crippen molar-refractivity contribution in [1.29, 1.82) is 0 Å². The number of benzene rings is 2. The van der Waals surface area contributed by atoms with Crippen molar-refractivity contribution in [1.82, 2.24) is 4.90 Å². The van der Waals surface area contributed by atoms with Crippen molar-refractivity contribution in [3.63, 3.8) is 0 Å². The van der Waals surface area contributed by atoms with Crippen LogP contribution in [-0.4, -0.2) is 63.0 Å². The van der Waals surface area contributed by atoms with Gasteiger partial charge in [-0.2, -0.15) is 0 Å². The highest BCUT2D eigenvalue weighted by molar-refractivity contribution is 5.92. The predicted molar refractivity (Wildman–Crippen MR) is 123 cm³/mol. The summed E-state index contributed by atoms with van der Waals surface area (Å²) in [7, 11) is 1.89. The number of carbonyl (C=O) groups is 2. The number of quaternary nitrogens is 2. The summed E-state index contributed by atoms with van der Waals surface area (Å²) < 4.78 is 0. The van der Waals surface area contributed by atoms with Crippen LogP contribution in [0.3, 0.4) is 0 Å². The first kappa shape index (κ1) is 23.0. The second-order valence-electron chi connectivity index (χ2n) is 8.74. The zero-order valence-corrected chi connectivity index (χ0v) is 19.2. The molecule has 2 aromatic carbocycles. The van der Waals surface area contributed by atoms with Gasteiger partial charge in [0.15, 0.2) is 13.1 Å². The van der Waals surface area contributed by atoms with Gasteiger partial charge in [0, 0.05) is 12.7 Å². The maximum atomic E-state index is 12.8. The third-order valence-corrected chi connectivity index (χ3v) is 6.61. The minimum Gasteiger partial charge on any atom is -0.334 e. The SMILES string of the molecule is Cc1cccc(NC(=O)C[NH+]2CC[NH+](CC(=O)N(C)[C@H](C)c3ccccc3)CC2)c1C. The van der Waals surface area contributed by atoms with E-state index in [1.54, 1.807) is 0 Å². The molecule has 1 saturated heterocycles. The highest BCUT2D eigenvalue weighted by Gasteiger charge is 2.28. The van der Waals surface area contributed by atoms with Crippen molar-refractivity contribution < 1.29 is 19.4 Å². The van der Waals surface area contributed by atoms with Gasteiger partial charge in [0.2, 0.25) is 0 Å². The number of aryl methyl sites for hydroxylation is 1. The van der Waals surface area contributed by atoms with E-state index in [1.165, 1.54) is 15.4 Å². The standard InChI is InChI=1S/C25H34N4O2/c1-19-9-8-12-23(20(19)2)26-24(30)17-28-13-15-29(16-14-28)18-25(31)27(4)21(3)22-10-6-5-7-11-22/h5-12,21H,13-18H2,1-4H3,(H,26,30)/p+2/t21-/m1/s1. The summed E-state index contributed by atoms with van der Waals surface area (Å²) in [5.74, 6) is 0.224. The first-order valence-corrected chi connectivity index (χ1v) is 11.2. The molecule has 0 saturated carbocycles. The fourth-order valence-corrected chi connectivity index (χ4v) is 4.13. The minimum absolute atomic E-state index is 0.0552. The molecule has 2 amide bonds. The molecule has 0 unspecified atom stereocenters. The molecule has 0 bridgehead atoms. The molecule has 3 N–H and O–H groups in total. The molecule has 0 aromatic heterocycles. The Kier molecular flexibility index (Phi) is 7.82. The van der Waals surface area contributed by atoms with Gasteiger partial charge in [-0.05, 0) is 43.5 Å². The van der Waals surface area contributed by atoms with E-state index in [-0.39, 0.29) is 17.9 Å². The number of nitrogens with one attached hydrogen (secondary N) is 3. The van der Waals surface area contributed by atoms with Crippen molar-refractivity contribution in [3.05, 3.63) is 65.2 Å². The normalized spacial score (nSPS) is 19.5. The smallest absolute Gasteiger partial charge is 0.279 e. The molecular weight excluding hydrogens is 388 g/mol. The fourth-order valence-electron chi connectivity index (χ4n) is 4.13. The third kappa shape index (κ3) is 6.15. The number of piperazine rings is 1. The molecule has 2 aromatic rings. The molecule has 1 fully saturated rings. The molecule has 1 atom stereocenters. The van der Waals surface area contributed by atoms with Crippen LogP contribution in [0.4, 0.5) is 5.69 Å². The lowest BCUT2D eigenvalue weighted by molar-refractivity contribution is -1.00. The molecule has 1 aliphatic rings. The molecule has 3 rings (SSSR count). The molecular formula is C25H36N4O2+2. The largest absolute Gasteiger partial charge is 0.334 e. The molecule has 6 heteroatoms. The van der Waals surface area contributed by atoms with E-state index in [1.807, 2.05) is 49.2 Å². The predicted octanol–water partition coefficient (Wildman–Crippen LogP) is 0.245. The summed E-state index contributed by atoms with van der Waals surface area (Å²) in [6.07, 6.45) is 0. The van der Waals surface area contributed by atoms with Crippen LogP contribution in [0.5, 0.6) is 0 Å². The van der Waals surface area contributed by atoms with Gasteiger partial charge in [0.1, 0.15) is 26.2 Å².